The molecule has 1 saturated heterocycles. The van der Waals surface area contributed by atoms with Gasteiger partial charge in [-0.2, -0.15) is 0 Å². The summed E-state index contributed by atoms with van der Waals surface area (Å²) in [5.74, 6) is 4.22. The Hall–Kier alpha value is -4.50. The summed E-state index contributed by atoms with van der Waals surface area (Å²) >= 11 is 6.39. The highest BCUT2D eigenvalue weighted by molar-refractivity contribution is 6.32. The maximum Gasteiger partial charge on any atom is 0.300 e. The molecule has 9 nitrogen and oxygen atoms in total. The van der Waals surface area contributed by atoms with Crippen molar-refractivity contribution in [2.45, 2.75) is 19.6 Å². The number of ether oxygens (including phenoxy) is 3. The van der Waals surface area contributed by atoms with Crippen molar-refractivity contribution in [1.82, 2.24) is 14.9 Å². The van der Waals surface area contributed by atoms with Gasteiger partial charge in [-0.15, -0.1) is 0 Å². The van der Waals surface area contributed by atoms with E-state index < -0.39 is 17.5 Å². The fourth-order valence-electron chi connectivity index (χ4n) is 4.46. The van der Waals surface area contributed by atoms with Crippen molar-refractivity contribution >= 4 is 45.6 Å². The molecule has 0 bridgehead atoms. The number of methoxy groups -OCH3 is 1. The number of likely N-dealkylation sites (tertiary alicyclic amines) is 1. The zero-order valence-corrected chi connectivity index (χ0v) is 24.2. The van der Waals surface area contributed by atoms with E-state index >= 15 is 4.39 Å². The number of fused-ring (bicyclic) bond motifs is 1. The number of rotatable bonds is 11. The van der Waals surface area contributed by atoms with Gasteiger partial charge in [0.25, 0.3) is 5.91 Å². The summed E-state index contributed by atoms with van der Waals surface area (Å²) in [6, 6.07) is 11.7. The summed E-state index contributed by atoms with van der Waals surface area (Å²) < 4.78 is 45.6. The fraction of sp³-hybridized carbons (Fsp3) is 0.258. The van der Waals surface area contributed by atoms with Crippen molar-refractivity contribution in [3.05, 3.63) is 77.1 Å². The second kappa shape index (κ2) is 13.6. The summed E-state index contributed by atoms with van der Waals surface area (Å²) in [5, 5.41) is 6.33. The average Bonchev–Trinajstić information content (AvgIpc) is 2.96. The minimum atomic E-state index is -0.654. The first-order valence-corrected chi connectivity index (χ1v) is 13.7. The number of amides is 1. The van der Waals surface area contributed by atoms with Crippen molar-refractivity contribution in [3.63, 3.8) is 0 Å². The van der Waals surface area contributed by atoms with E-state index in [0.29, 0.717) is 41.1 Å². The third-order valence-corrected chi connectivity index (χ3v) is 7.00. The van der Waals surface area contributed by atoms with Crippen LogP contribution in [0.2, 0.25) is 5.02 Å². The third-order valence-electron chi connectivity index (χ3n) is 6.70. The summed E-state index contributed by atoms with van der Waals surface area (Å²) in [4.78, 5) is 23.2. The first-order valence-electron chi connectivity index (χ1n) is 13.4. The molecule has 4 aromatic rings. The van der Waals surface area contributed by atoms with Crippen LogP contribution >= 0.6 is 11.6 Å². The van der Waals surface area contributed by atoms with Gasteiger partial charge in [-0.1, -0.05) is 29.7 Å². The van der Waals surface area contributed by atoms with Gasteiger partial charge in [0.05, 0.1) is 28.0 Å². The van der Waals surface area contributed by atoms with Crippen LogP contribution in [0.4, 0.5) is 26.0 Å². The predicted octanol–water partition coefficient (Wildman–Crippen LogP) is 5.56. The second-order valence-corrected chi connectivity index (χ2v) is 10.1. The Labute approximate surface area is 252 Å². The van der Waals surface area contributed by atoms with Gasteiger partial charge < -0.3 is 24.8 Å². The number of nitrogens with zero attached hydrogens (tertiary/aromatic N) is 3. The van der Waals surface area contributed by atoms with E-state index in [9.17, 15) is 9.18 Å². The maximum absolute atomic E-state index is 15.2. The molecule has 0 saturated carbocycles. The Bertz CT molecular complexity index is 1710. The normalized spacial score (nSPS) is 13.1. The van der Waals surface area contributed by atoms with Crippen molar-refractivity contribution in [2.75, 3.05) is 44.0 Å². The van der Waals surface area contributed by atoms with Crippen LogP contribution < -0.4 is 20.1 Å². The van der Waals surface area contributed by atoms with Crippen LogP contribution in [0.15, 0.2) is 54.9 Å². The van der Waals surface area contributed by atoms with E-state index in [0.717, 1.165) is 19.2 Å². The van der Waals surface area contributed by atoms with Gasteiger partial charge in [-0.05, 0) is 42.7 Å². The summed E-state index contributed by atoms with van der Waals surface area (Å²) in [6.07, 6.45) is 1.56. The van der Waals surface area contributed by atoms with E-state index in [2.05, 4.69) is 37.3 Å². The molecule has 0 atom stereocenters. The number of nitrogens with one attached hydrogen (secondary N) is 2. The molecule has 1 aliphatic heterocycles. The molecule has 0 aliphatic carbocycles. The van der Waals surface area contributed by atoms with Crippen molar-refractivity contribution in [2.24, 2.45) is 0 Å². The molecule has 12 heteroatoms. The molecular formula is C31H28ClF2N5O4. The second-order valence-electron chi connectivity index (χ2n) is 9.69. The van der Waals surface area contributed by atoms with E-state index in [-0.39, 0.29) is 35.0 Å². The Balaban J connectivity index is 1.37. The lowest BCUT2D eigenvalue weighted by molar-refractivity contribution is -0.111. The van der Waals surface area contributed by atoms with Crippen molar-refractivity contribution < 1.29 is 27.8 Å². The summed E-state index contributed by atoms with van der Waals surface area (Å²) in [7, 11) is 1.69. The third kappa shape index (κ3) is 7.48. The number of anilines is 3. The molecule has 0 unspecified atom stereocenters. The SMILES string of the molecule is CC#CC(=O)Nc1cc2c(Nc3cc(Cl)c(OCc4cccc(F)c4)cc3F)ncnc2cc1OCCN1CC(OC)C1. The highest BCUT2D eigenvalue weighted by atomic mass is 35.5. The maximum atomic E-state index is 15.2. The minimum absolute atomic E-state index is 0.00720. The van der Waals surface area contributed by atoms with Crippen molar-refractivity contribution in [1.29, 1.82) is 0 Å². The number of carbonyl (C=O) groups is 1. The average molecular weight is 608 g/mol. The van der Waals surface area contributed by atoms with E-state index in [1.165, 1.54) is 24.5 Å². The number of aromatic nitrogens is 2. The molecule has 0 radical (unpaired) electrons. The Kier molecular flexibility index (Phi) is 9.51. The van der Waals surface area contributed by atoms with Crippen LogP contribution in [0.5, 0.6) is 11.5 Å². The molecule has 3 aromatic carbocycles. The quantitative estimate of drug-likeness (QED) is 0.214. The lowest BCUT2D eigenvalue weighted by atomic mass is 10.1. The Morgan fingerprint density at radius 1 is 1.09 bits per heavy atom. The largest absolute Gasteiger partial charge is 0.490 e. The van der Waals surface area contributed by atoms with Crippen LogP contribution in [0.25, 0.3) is 10.9 Å². The smallest absolute Gasteiger partial charge is 0.300 e. The first kappa shape index (κ1) is 30.0. The van der Waals surface area contributed by atoms with Gasteiger partial charge in [0.2, 0.25) is 0 Å². The zero-order valence-electron chi connectivity index (χ0n) is 23.4. The lowest BCUT2D eigenvalue weighted by Crippen LogP contribution is -2.52. The molecule has 2 heterocycles. The van der Waals surface area contributed by atoms with Gasteiger partial charge in [0, 0.05) is 44.3 Å². The molecule has 1 fully saturated rings. The molecule has 2 N–H and O–H groups in total. The van der Waals surface area contributed by atoms with Crippen LogP contribution in [-0.4, -0.2) is 60.2 Å². The zero-order chi connectivity index (χ0) is 30.3. The monoisotopic (exact) mass is 607 g/mol. The van der Waals surface area contributed by atoms with Gasteiger partial charge >= 0.3 is 0 Å². The van der Waals surface area contributed by atoms with Gasteiger partial charge in [-0.3, -0.25) is 9.69 Å². The molecule has 5 rings (SSSR count). The number of hydrogen-bond acceptors (Lipinski definition) is 8. The van der Waals surface area contributed by atoms with Gasteiger partial charge in [0.15, 0.2) is 0 Å². The Morgan fingerprint density at radius 2 is 1.93 bits per heavy atom. The number of halogens is 3. The molecule has 0 spiro atoms. The topological polar surface area (TPSA) is 97.8 Å². The Morgan fingerprint density at radius 3 is 2.70 bits per heavy atom. The lowest BCUT2D eigenvalue weighted by Gasteiger charge is -2.37. The number of carbonyl (C=O) groups excluding carboxylic acids is 1. The van der Waals surface area contributed by atoms with E-state index in [1.54, 1.807) is 38.3 Å². The van der Waals surface area contributed by atoms with Gasteiger partial charge in [-0.25, -0.2) is 18.7 Å². The highest BCUT2D eigenvalue weighted by Crippen LogP contribution is 2.36. The van der Waals surface area contributed by atoms with Crippen molar-refractivity contribution in [3.8, 4) is 23.3 Å². The van der Waals surface area contributed by atoms with Crippen LogP contribution in [0, 0.1) is 23.5 Å². The van der Waals surface area contributed by atoms with Gasteiger partial charge in [0.1, 0.15) is 48.5 Å². The summed E-state index contributed by atoms with van der Waals surface area (Å²) in [6.45, 7) is 4.28. The van der Waals surface area contributed by atoms with Crippen LogP contribution in [-0.2, 0) is 16.1 Å². The molecule has 43 heavy (non-hydrogen) atoms. The van der Waals surface area contributed by atoms with Crippen LogP contribution in [0.3, 0.4) is 0 Å². The standard InChI is InChI=1S/C31H28ClF2N5O4/c1-3-5-30(40)37-27-11-22-25(14-29(27)42-9-8-39-15-21(16-39)41-2)35-18-36-31(22)38-26-12-23(32)28(13-24(26)34)43-17-19-6-4-7-20(33)10-19/h4,6-7,10-14,18,21H,8-9,15-17H2,1-2H3,(H,37,40)(H,35,36,38). The highest BCUT2D eigenvalue weighted by Gasteiger charge is 2.26. The van der Waals surface area contributed by atoms with Crippen LogP contribution in [0.1, 0.15) is 12.5 Å². The molecule has 222 valence electrons. The molecular weight excluding hydrogens is 580 g/mol. The van der Waals surface area contributed by atoms with E-state index in [4.69, 9.17) is 25.8 Å². The number of benzene rings is 3. The molecule has 1 aromatic heterocycles. The first-order chi connectivity index (χ1) is 20.8. The number of hydrogen-bond donors (Lipinski definition) is 2. The summed E-state index contributed by atoms with van der Waals surface area (Å²) in [5.41, 5.74) is 1.46. The fourth-order valence-corrected chi connectivity index (χ4v) is 4.68. The van der Waals surface area contributed by atoms with E-state index in [1.807, 2.05) is 0 Å². The molecule has 1 aliphatic rings. The minimum Gasteiger partial charge on any atom is -0.490 e. The molecule has 1 amide bonds. The predicted molar refractivity (Wildman–Crippen MR) is 160 cm³/mol.